The van der Waals surface area contributed by atoms with Crippen LogP contribution in [-0.2, 0) is 0 Å². The van der Waals surface area contributed by atoms with Crippen LogP contribution < -0.4 is 4.74 Å². The normalized spacial score (nSPS) is 12.4. The molecule has 0 amide bonds. The number of thioether (sulfide) groups is 1. The smallest absolute Gasteiger partial charge is 0.119 e. The lowest BCUT2D eigenvalue weighted by atomic mass is 10.1. The summed E-state index contributed by atoms with van der Waals surface area (Å²) < 4.78 is 5.62. The third-order valence-electron chi connectivity index (χ3n) is 2.25. The highest BCUT2D eigenvalue weighted by atomic mass is 32.2. The van der Waals surface area contributed by atoms with Crippen molar-refractivity contribution in [1.29, 1.82) is 0 Å². The number of rotatable bonds is 7. The second-order valence-corrected chi connectivity index (χ2v) is 5.04. The van der Waals surface area contributed by atoms with Crippen LogP contribution in [-0.4, -0.2) is 23.2 Å². The summed E-state index contributed by atoms with van der Waals surface area (Å²) in [5.41, 5.74) is 0.903. The maximum atomic E-state index is 9.43. The molecule has 0 spiro atoms. The van der Waals surface area contributed by atoms with E-state index in [4.69, 9.17) is 4.74 Å². The lowest BCUT2D eigenvalue weighted by Gasteiger charge is -2.09. The zero-order chi connectivity index (χ0) is 11.8. The Morgan fingerprint density at radius 2 is 2.25 bits per heavy atom. The van der Waals surface area contributed by atoms with Gasteiger partial charge in [0.15, 0.2) is 0 Å². The van der Waals surface area contributed by atoms with Crippen molar-refractivity contribution in [3.05, 3.63) is 29.8 Å². The maximum absolute atomic E-state index is 9.43. The van der Waals surface area contributed by atoms with Gasteiger partial charge in [0.25, 0.3) is 0 Å². The summed E-state index contributed by atoms with van der Waals surface area (Å²) >= 11 is 1.93. The van der Waals surface area contributed by atoms with Crippen molar-refractivity contribution < 1.29 is 9.84 Å². The van der Waals surface area contributed by atoms with Crippen LogP contribution in [0.4, 0.5) is 0 Å². The minimum atomic E-state index is -0.431. The first kappa shape index (κ1) is 13.4. The highest BCUT2D eigenvalue weighted by Crippen LogP contribution is 2.18. The topological polar surface area (TPSA) is 29.5 Å². The van der Waals surface area contributed by atoms with Crippen molar-refractivity contribution >= 4 is 11.8 Å². The fourth-order valence-corrected chi connectivity index (χ4v) is 1.97. The zero-order valence-electron chi connectivity index (χ0n) is 9.98. The second-order valence-electron chi connectivity index (χ2n) is 3.65. The number of ether oxygens (including phenoxy) is 1. The Labute approximate surface area is 102 Å². The van der Waals surface area contributed by atoms with E-state index in [0.29, 0.717) is 0 Å². The molecule has 0 unspecified atom stereocenters. The van der Waals surface area contributed by atoms with Gasteiger partial charge in [0, 0.05) is 0 Å². The van der Waals surface area contributed by atoms with E-state index in [1.165, 1.54) is 0 Å². The average Bonchev–Trinajstić information content (AvgIpc) is 2.29. The van der Waals surface area contributed by atoms with E-state index in [-0.39, 0.29) is 0 Å². The van der Waals surface area contributed by atoms with Gasteiger partial charge in [0.1, 0.15) is 5.75 Å². The van der Waals surface area contributed by atoms with Crippen LogP contribution in [0.5, 0.6) is 5.75 Å². The summed E-state index contributed by atoms with van der Waals surface area (Å²) in [4.78, 5) is 0. The first-order valence-electron chi connectivity index (χ1n) is 5.72. The van der Waals surface area contributed by atoms with Crippen molar-refractivity contribution in [2.45, 2.75) is 26.4 Å². The third kappa shape index (κ3) is 4.90. The van der Waals surface area contributed by atoms with E-state index in [0.717, 1.165) is 35.8 Å². The largest absolute Gasteiger partial charge is 0.494 e. The zero-order valence-corrected chi connectivity index (χ0v) is 10.8. The Bertz CT molecular complexity index is 300. The predicted octanol–water partition coefficient (Wildman–Crippen LogP) is 3.26. The number of aliphatic hydroxyl groups is 1. The molecule has 16 heavy (non-hydrogen) atoms. The van der Waals surface area contributed by atoms with Gasteiger partial charge in [0.2, 0.25) is 0 Å². The van der Waals surface area contributed by atoms with Crippen LogP contribution in [0.1, 0.15) is 31.9 Å². The number of aliphatic hydroxyl groups excluding tert-OH is 1. The van der Waals surface area contributed by atoms with E-state index in [9.17, 15) is 5.11 Å². The van der Waals surface area contributed by atoms with Gasteiger partial charge in [-0.15, -0.1) is 0 Å². The molecular formula is C13H20O2S. The van der Waals surface area contributed by atoms with Gasteiger partial charge < -0.3 is 9.84 Å². The number of hydrogen-bond donors (Lipinski definition) is 1. The van der Waals surface area contributed by atoms with Crippen LogP contribution in [0.25, 0.3) is 0 Å². The van der Waals surface area contributed by atoms with Gasteiger partial charge in [0.05, 0.1) is 12.7 Å². The molecule has 0 aromatic heterocycles. The molecule has 0 aliphatic carbocycles. The molecule has 3 heteroatoms. The summed E-state index contributed by atoms with van der Waals surface area (Å²) in [7, 11) is 0. The molecule has 0 saturated heterocycles. The monoisotopic (exact) mass is 240 g/mol. The summed E-state index contributed by atoms with van der Waals surface area (Å²) in [6.07, 6.45) is 0.636. The molecule has 1 rings (SSSR count). The molecule has 0 radical (unpaired) electrons. The van der Waals surface area contributed by atoms with Crippen LogP contribution >= 0.6 is 11.8 Å². The lowest BCUT2D eigenvalue weighted by Crippen LogP contribution is -2.00. The van der Waals surface area contributed by atoms with Crippen molar-refractivity contribution in [3.8, 4) is 5.75 Å². The Morgan fingerprint density at radius 1 is 1.44 bits per heavy atom. The minimum absolute atomic E-state index is 0.431. The molecule has 1 atom stereocenters. The highest BCUT2D eigenvalue weighted by molar-refractivity contribution is 7.99. The number of hydrogen-bond acceptors (Lipinski definition) is 3. The molecule has 0 aliphatic heterocycles. The summed E-state index contributed by atoms with van der Waals surface area (Å²) in [6.45, 7) is 4.67. The predicted molar refractivity (Wildman–Crippen MR) is 70.2 cm³/mol. The Hall–Kier alpha value is -0.670. The van der Waals surface area contributed by atoms with Crippen LogP contribution in [0.3, 0.4) is 0 Å². The van der Waals surface area contributed by atoms with Crippen LogP contribution in [0.15, 0.2) is 24.3 Å². The molecule has 1 aromatic rings. The highest BCUT2D eigenvalue weighted by Gasteiger charge is 2.01. The molecule has 0 bridgehead atoms. The van der Waals surface area contributed by atoms with Gasteiger partial charge >= 0.3 is 0 Å². The Morgan fingerprint density at radius 3 is 2.94 bits per heavy atom. The van der Waals surface area contributed by atoms with E-state index in [1.807, 2.05) is 36.0 Å². The Kier molecular flexibility index (Phi) is 6.34. The summed E-state index contributed by atoms with van der Waals surface area (Å²) in [5, 5.41) is 9.43. The third-order valence-corrected chi connectivity index (χ3v) is 3.23. The summed E-state index contributed by atoms with van der Waals surface area (Å²) in [6, 6.07) is 7.65. The molecule has 0 fully saturated rings. The Balaban J connectivity index is 2.33. The van der Waals surface area contributed by atoms with E-state index < -0.39 is 6.10 Å². The molecule has 90 valence electrons. The fourth-order valence-electron chi connectivity index (χ4n) is 1.36. The standard InChI is InChI=1S/C13H20O2S/c1-3-16-9-5-8-15-13-7-4-6-12(10-13)11(2)14/h4,6-7,10-11,14H,3,5,8-9H2,1-2H3/t11-/m0/s1. The van der Waals surface area contributed by atoms with Crippen molar-refractivity contribution in [3.63, 3.8) is 0 Å². The first-order valence-corrected chi connectivity index (χ1v) is 6.88. The molecule has 1 N–H and O–H groups in total. The molecular weight excluding hydrogens is 220 g/mol. The van der Waals surface area contributed by atoms with Crippen LogP contribution in [0, 0.1) is 0 Å². The van der Waals surface area contributed by atoms with E-state index >= 15 is 0 Å². The maximum Gasteiger partial charge on any atom is 0.119 e. The number of benzene rings is 1. The lowest BCUT2D eigenvalue weighted by molar-refractivity contribution is 0.198. The fraction of sp³-hybridized carbons (Fsp3) is 0.538. The van der Waals surface area contributed by atoms with Crippen molar-refractivity contribution in [1.82, 2.24) is 0 Å². The van der Waals surface area contributed by atoms with E-state index in [2.05, 4.69) is 6.92 Å². The molecule has 0 aliphatic rings. The average molecular weight is 240 g/mol. The van der Waals surface area contributed by atoms with Gasteiger partial charge in [-0.05, 0) is 42.5 Å². The van der Waals surface area contributed by atoms with Crippen molar-refractivity contribution in [2.75, 3.05) is 18.1 Å². The molecule has 1 aromatic carbocycles. The van der Waals surface area contributed by atoms with E-state index in [1.54, 1.807) is 6.92 Å². The SMILES string of the molecule is CCSCCCOc1cccc([C@H](C)O)c1. The minimum Gasteiger partial charge on any atom is -0.494 e. The van der Waals surface area contributed by atoms with Gasteiger partial charge in [-0.3, -0.25) is 0 Å². The van der Waals surface area contributed by atoms with Gasteiger partial charge in [-0.2, -0.15) is 11.8 Å². The summed E-state index contributed by atoms with van der Waals surface area (Å²) in [5.74, 6) is 3.16. The van der Waals surface area contributed by atoms with Crippen LogP contribution in [0.2, 0.25) is 0 Å². The first-order chi connectivity index (χ1) is 7.74. The van der Waals surface area contributed by atoms with Gasteiger partial charge in [-0.25, -0.2) is 0 Å². The van der Waals surface area contributed by atoms with Gasteiger partial charge in [-0.1, -0.05) is 19.1 Å². The molecule has 2 nitrogen and oxygen atoms in total. The quantitative estimate of drug-likeness (QED) is 0.742. The molecule has 0 heterocycles. The molecule has 0 saturated carbocycles. The van der Waals surface area contributed by atoms with Crippen molar-refractivity contribution in [2.24, 2.45) is 0 Å². The second kappa shape index (κ2) is 7.58.